The first-order chi connectivity index (χ1) is 10.6. The molecule has 1 fully saturated rings. The van der Waals surface area contributed by atoms with Gasteiger partial charge in [0.1, 0.15) is 5.82 Å². The van der Waals surface area contributed by atoms with Gasteiger partial charge in [0, 0.05) is 51.0 Å². The molecule has 0 saturated carbocycles. The van der Waals surface area contributed by atoms with Crippen molar-refractivity contribution in [2.45, 2.75) is 13.3 Å². The summed E-state index contributed by atoms with van der Waals surface area (Å²) < 4.78 is 14.5. The molecular weight excluding hydrogens is 285 g/mol. The summed E-state index contributed by atoms with van der Waals surface area (Å²) in [5.74, 6) is -1.22. The van der Waals surface area contributed by atoms with Crippen molar-refractivity contribution in [3.63, 3.8) is 0 Å². The van der Waals surface area contributed by atoms with E-state index in [0.29, 0.717) is 17.8 Å². The van der Waals surface area contributed by atoms with Crippen LogP contribution >= 0.6 is 0 Å². The van der Waals surface area contributed by atoms with Gasteiger partial charge in [-0.25, -0.2) is 9.18 Å². The number of carboxylic acid groups (broad SMARTS) is 1. The van der Waals surface area contributed by atoms with Crippen molar-refractivity contribution in [3.05, 3.63) is 35.3 Å². The zero-order chi connectivity index (χ0) is 15.7. The molecule has 0 atom stereocenters. The summed E-state index contributed by atoms with van der Waals surface area (Å²) in [5, 5.41) is 12.5. The Hall–Kier alpha value is -2.08. The van der Waals surface area contributed by atoms with E-state index in [1.165, 1.54) is 6.07 Å². The number of nitrogens with zero attached hydrogens (tertiary/aromatic N) is 2. The molecule has 2 N–H and O–H groups in total. The third kappa shape index (κ3) is 2.66. The Morgan fingerprint density at radius 3 is 2.68 bits per heavy atom. The first-order valence-corrected chi connectivity index (χ1v) is 7.59. The maximum Gasteiger partial charge on any atom is 0.333 e. The Morgan fingerprint density at radius 2 is 2.05 bits per heavy atom. The van der Waals surface area contributed by atoms with Gasteiger partial charge in [-0.05, 0) is 24.6 Å². The van der Waals surface area contributed by atoms with Crippen LogP contribution in [0, 0.1) is 5.82 Å². The van der Waals surface area contributed by atoms with Crippen molar-refractivity contribution in [2.24, 2.45) is 0 Å². The number of halogens is 1. The Morgan fingerprint density at radius 1 is 1.32 bits per heavy atom. The fourth-order valence-corrected chi connectivity index (χ4v) is 3.05. The van der Waals surface area contributed by atoms with Gasteiger partial charge < -0.3 is 20.2 Å². The van der Waals surface area contributed by atoms with E-state index in [1.54, 1.807) is 6.20 Å². The fourth-order valence-electron chi connectivity index (χ4n) is 3.05. The van der Waals surface area contributed by atoms with Gasteiger partial charge in [0.25, 0.3) is 0 Å². The van der Waals surface area contributed by atoms with Gasteiger partial charge in [-0.3, -0.25) is 0 Å². The summed E-state index contributed by atoms with van der Waals surface area (Å²) in [5.41, 5.74) is 2.54. The van der Waals surface area contributed by atoms with Crippen molar-refractivity contribution in [2.75, 3.05) is 42.5 Å². The normalized spacial score (nSPS) is 18.0. The van der Waals surface area contributed by atoms with Crippen LogP contribution in [0.1, 0.15) is 12.5 Å². The standard InChI is InChI=1S/C16H20FN3O2/c1-2-19-10-12(16(21)22)7-11-8-13(17)15(9-14(11)19)20-5-3-18-4-6-20/h8-10,18H,2-7H2,1H3,(H,21,22). The van der Waals surface area contributed by atoms with Crippen LogP contribution in [-0.2, 0) is 11.2 Å². The maximum atomic E-state index is 14.5. The van der Waals surface area contributed by atoms with Crippen LogP contribution < -0.4 is 15.1 Å². The van der Waals surface area contributed by atoms with E-state index in [-0.39, 0.29) is 12.2 Å². The molecule has 1 aromatic rings. The monoisotopic (exact) mass is 305 g/mol. The molecule has 0 unspecified atom stereocenters. The van der Waals surface area contributed by atoms with E-state index < -0.39 is 5.97 Å². The topological polar surface area (TPSA) is 55.8 Å². The van der Waals surface area contributed by atoms with Crippen molar-refractivity contribution in [1.82, 2.24) is 5.32 Å². The number of carboxylic acids is 1. The average molecular weight is 305 g/mol. The first kappa shape index (κ1) is 14.8. The molecule has 0 bridgehead atoms. The SMILES string of the molecule is CCN1C=C(C(=O)O)Cc2cc(F)c(N3CCNCC3)cc21. The lowest BCUT2D eigenvalue weighted by Crippen LogP contribution is -2.44. The molecule has 0 aliphatic carbocycles. The number of nitrogens with one attached hydrogen (secondary N) is 1. The molecular formula is C16H20FN3O2. The van der Waals surface area contributed by atoms with Gasteiger partial charge in [0.05, 0.1) is 11.3 Å². The second kappa shape index (κ2) is 5.96. The van der Waals surface area contributed by atoms with Gasteiger partial charge in [-0.15, -0.1) is 0 Å². The molecule has 0 spiro atoms. The lowest BCUT2D eigenvalue weighted by molar-refractivity contribution is -0.132. The van der Waals surface area contributed by atoms with Crippen LogP contribution in [0.25, 0.3) is 0 Å². The molecule has 1 saturated heterocycles. The molecule has 0 aromatic heterocycles. The molecule has 2 aliphatic heterocycles. The van der Waals surface area contributed by atoms with Crippen molar-refractivity contribution >= 4 is 17.3 Å². The molecule has 1 aromatic carbocycles. The number of hydrogen-bond donors (Lipinski definition) is 2. The van der Waals surface area contributed by atoms with Gasteiger partial charge >= 0.3 is 5.97 Å². The number of benzene rings is 1. The summed E-state index contributed by atoms with van der Waals surface area (Å²) in [6.45, 7) is 5.85. The van der Waals surface area contributed by atoms with Gasteiger partial charge in [-0.2, -0.15) is 0 Å². The first-order valence-electron chi connectivity index (χ1n) is 7.59. The summed E-state index contributed by atoms with van der Waals surface area (Å²) >= 11 is 0. The zero-order valence-electron chi connectivity index (χ0n) is 12.6. The smallest absolute Gasteiger partial charge is 0.333 e. The molecule has 118 valence electrons. The van der Waals surface area contributed by atoms with E-state index in [4.69, 9.17) is 0 Å². The lowest BCUT2D eigenvalue weighted by atomic mass is 9.98. The molecule has 0 amide bonds. The number of hydrogen-bond acceptors (Lipinski definition) is 4. The molecule has 0 radical (unpaired) electrons. The number of aliphatic carboxylic acids is 1. The van der Waals surface area contributed by atoms with Crippen molar-refractivity contribution < 1.29 is 14.3 Å². The third-order valence-corrected chi connectivity index (χ3v) is 4.22. The lowest BCUT2D eigenvalue weighted by Gasteiger charge is -2.33. The minimum atomic E-state index is -0.948. The van der Waals surface area contributed by atoms with E-state index in [2.05, 4.69) is 5.32 Å². The number of anilines is 2. The van der Waals surface area contributed by atoms with Crippen LogP contribution in [0.2, 0.25) is 0 Å². The largest absolute Gasteiger partial charge is 0.478 e. The summed E-state index contributed by atoms with van der Waals surface area (Å²) in [7, 11) is 0. The van der Waals surface area contributed by atoms with Crippen molar-refractivity contribution in [1.29, 1.82) is 0 Å². The second-order valence-corrected chi connectivity index (χ2v) is 5.59. The molecule has 2 aliphatic rings. The highest BCUT2D eigenvalue weighted by Crippen LogP contribution is 2.34. The minimum absolute atomic E-state index is 0.264. The predicted octanol–water partition coefficient (Wildman–Crippen LogP) is 1.59. The highest BCUT2D eigenvalue weighted by molar-refractivity contribution is 5.89. The number of rotatable bonds is 3. The Kier molecular flexibility index (Phi) is 4.02. The third-order valence-electron chi connectivity index (χ3n) is 4.22. The zero-order valence-corrected chi connectivity index (χ0v) is 12.6. The number of carbonyl (C=O) groups is 1. The number of piperazine rings is 1. The van der Waals surface area contributed by atoms with Crippen LogP contribution in [-0.4, -0.2) is 43.8 Å². The molecule has 2 heterocycles. The van der Waals surface area contributed by atoms with E-state index in [0.717, 1.165) is 37.4 Å². The summed E-state index contributed by atoms with van der Waals surface area (Å²) in [4.78, 5) is 15.1. The van der Waals surface area contributed by atoms with Crippen LogP contribution in [0.4, 0.5) is 15.8 Å². The Balaban J connectivity index is 1.99. The van der Waals surface area contributed by atoms with Crippen LogP contribution in [0.3, 0.4) is 0 Å². The second-order valence-electron chi connectivity index (χ2n) is 5.59. The van der Waals surface area contributed by atoms with Gasteiger partial charge in [-0.1, -0.05) is 0 Å². The Bertz CT molecular complexity index is 624. The van der Waals surface area contributed by atoms with Crippen LogP contribution in [0.15, 0.2) is 23.9 Å². The van der Waals surface area contributed by atoms with E-state index in [9.17, 15) is 14.3 Å². The summed E-state index contributed by atoms with van der Waals surface area (Å²) in [6.07, 6.45) is 1.92. The van der Waals surface area contributed by atoms with E-state index in [1.807, 2.05) is 22.8 Å². The minimum Gasteiger partial charge on any atom is -0.478 e. The highest BCUT2D eigenvalue weighted by atomic mass is 19.1. The molecule has 22 heavy (non-hydrogen) atoms. The predicted molar refractivity (Wildman–Crippen MR) is 83.9 cm³/mol. The van der Waals surface area contributed by atoms with Gasteiger partial charge in [0.2, 0.25) is 0 Å². The van der Waals surface area contributed by atoms with Crippen LogP contribution in [0.5, 0.6) is 0 Å². The molecule has 5 nitrogen and oxygen atoms in total. The quantitative estimate of drug-likeness (QED) is 0.888. The average Bonchev–Trinajstić information content (AvgIpc) is 2.53. The Labute approximate surface area is 129 Å². The number of fused-ring (bicyclic) bond motifs is 1. The maximum absolute atomic E-state index is 14.5. The molecule has 3 rings (SSSR count). The summed E-state index contributed by atoms with van der Waals surface area (Å²) in [6, 6.07) is 3.35. The molecule has 6 heteroatoms. The fraction of sp³-hybridized carbons (Fsp3) is 0.438. The van der Waals surface area contributed by atoms with Gasteiger partial charge in [0.15, 0.2) is 0 Å². The highest BCUT2D eigenvalue weighted by Gasteiger charge is 2.24. The van der Waals surface area contributed by atoms with E-state index >= 15 is 0 Å². The van der Waals surface area contributed by atoms with Crippen molar-refractivity contribution in [3.8, 4) is 0 Å².